The number of rotatable bonds is 4. The molecule has 1 N–H and O–H groups in total. The molecule has 0 aliphatic rings. The Balaban J connectivity index is 2.15. The van der Waals surface area contributed by atoms with Crippen LogP contribution >= 0.6 is 0 Å². The number of aryl methyl sites for hydroxylation is 2. The Morgan fingerprint density at radius 1 is 1.15 bits per heavy atom. The molecule has 20 heavy (non-hydrogen) atoms. The van der Waals surface area contributed by atoms with Crippen molar-refractivity contribution in [2.45, 2.75) is 20.0 Å². The minimum Gasteiger partial charge on any atom is -0.387 e. The van der Waals surface area contributed by atoms with Crippen LogP contribution in [0.2, 0.25) is 0 Å². The Labute approximate surface area is 119 Å². The van der Waals surface area contributed by atoms with Gasteiger partial charge in [-0.05, 0) is 37.1 Å². The summed E-state index contributed by atoms with van der Waals surface area (Å²) in [4.78, 5) is 1.74. The molecule has 2 rings (SSSR count). The minimum absolute atomic E-state index is 0.275. The predicted molar refractivity (Wildman–Crippen MR) is 80.5 cm³/mol. The molecule has 0 bridgehead atoms. The Kier molecular flexibility index (Phi) is 4.40. The van der Waals surface area contributed by atoms with E-state index >= 15 is 0 Å². The van der Waals surface area contributed by atoms with Gasteiger partial charge in [-0.15, -0.1) is 0 Å². The lowest BCUT2D eigenvalue weighted by atomic mass is 10.0. The third-order valence-corrected chi connectivity index (χ3v) is 3.49. The largest absolute Gasteiger partial charge is 0.387 e. The molecular formula is C17H20FNO. The lowest BCUT2D eigenvalue weighted by Crippen LogP contribution is -2.25. The molecule has 0 saturated heterocycles. The predicted octanol–water partition coefficient (Wildman–Crippen LogP) is 3.61. The van der Waals surface area contributed by atoms with Gasteiger partial charge >= 0.3 is 0 Å². The summed E-state index contributed by atoms with van der Waals surface area (Å²) in [5.41, 5.74) is 3.61. The zero-order valence-electron chi connectivity index (χ0n) is 12.1. The summed E-state index contributed by atoms with van der Waals surface area (Å²) in [6.45, 7) is 4.36. The first-order valence-corrected chi connectivity index (χ1v) is 6.70. The molecule has 3 heteroatoms. The Morgan fingerprint density at radius 3 is 2.50 bits per heavy atom. The highest BCUT2D eigenvalue weighted by Gasteiger charge is 2.15. The van der Waals surface area contributed by atoms with E-state index in [4.69, 9.17) is 0 Å². The molecule has 1 atom stereocenters. The van der Waals surface area contributed by atoms with Gasteiger partial charge in [-0.3, -0.25) is 0 Å². The number of hydrogen-bond donors (Lipinski definition) is 1. The Bertz CT molecular complexity index is 597. The van der Waals surface area contributed by atoms with Gasteiger partial charge in [0.1, 0.15) is 5.82 Å². The van der Waals surface area contributed by atoms with Gasteiger partial charge in [-0.25, -0.2) is 4.39 Å². The highest BCUT2D eigenvalue weighted by atomic mass is 19.1. The average molecular weight is 273 g/mol. The summed E-state index contributed by atoms with van der Waals surface area (Å²) in [7, 11) is 1.78. The molecule has 2 aromatic carbocycles. The number of hydrogen-bond acceptors (Lipinski definition) is 2. The van der Waals surface area contributed by atoms with E-state index < -0.39 is 6.10 Å². The monoisotopic (exact) mass is 273 g/mol. The molecule has 1 unspecified atom stereocenters. The molecule has 0 saturated carbocycles. The lowest BCUT2D eigenvalue weighted by Gasteiger charge is -2.24. The molecule has 0 radical (unpaired) electrons. The van der Waals surface area contributed by atoms with E-state index in [1.807, 2.05) is 32.0 Å². The van der Waals surface area contributed by atoms with Crippen LogP contribution in [0, 0.1) is 19.7 Å². The number of likely N-dealkylation sites (N-methyl/N-ethyl adjacent to an activating group) is 1. The maximum Gasteiger partial charge on any atom is 0.146 e. The van der Waals surface area contributed by atoms with Gasteiger partial charge in [0.15, 0.2) is 0 Å². The van der Waals surface area contributed by atoms with Crippen LogP contribution in [0.15, 0.2) is 42.5 Å². The first-order chi connectivity index (χ1) is 9.49. The van der Waals surface area contributed by atoms with Crippen LogP contribution in [0.5, 0.6) is 0 Å². The van der Waals surface area contributed by atoms with Crippen LogP contribution < -0.4 is 4.90 Å². The van der Waals surface area contributed by atoms with Gasteiger partial charge < -0.3 is 10.0 Å². The van der Waals surface area contributed by atoms with E-state index in [9.17, 15) is 9.50 Å². The first-order valence-electron chi connectivity index (χ1n) is 6.70. The van der Waals surface area contributed by atoms with Crippen LogP contribution in [0.3, 0.4) is 0 Å². The average Bonchev–Trinajstić information content (AvgIpc) is 2.38. The standard InChI is InChI=1S/C17H20FNO/c1-12-8-9-14(13(2)10-12)17(20)11-19(3)16-7-5-4-6-15(16)18/h4-10,17,20H,11H2,1-3H3. The number of halogens is 1. The first kappa shape index (κ1) is 14.5. The molecule has 0 heterocycles. The third kappa shape index (κ3) is 3.17. The summed E-state index contributed by atoms with van der Waals surface area (Å²) < 4.78 is 13.7. The summed E-state index contributed by atoms with van der Waals surface area (Å²) in [6, 6.07) is 12.5. The summed E-state index contributed by atoms with van der Waals surface area (Å²) in [5.74, 6) is -0.275. The van der Waals surface area contributed by atoms with Crippen LogP contribution in [0.1, 0.15) is 22.8 Å². The van der Waals surface area contributed by atoms with Crippen molar-refractivity contribution in [3.8, 4) is 0 Å². The molecule has 2 nitrogen and oxygen atoms in total. The zero-order valence-corrected chi connectivity index (χ0v) is 12.1. The molecule has 106 valence electrons. The molecular weight excluding hydrogens is 253 g/mol. The van der Waals surface area contributed by atoms with E-state index in [0.717, 1.165) is 11.1 Å². The van der Waals surface area contributed by atoms with Gasteiger partial charge in [0.05, 0.1) is 11.8 Å². The van der Waals surface area contributed by atoms with E-state index in [2.05, 4.69) is 0 Å². The van der Waals surface area contributed by atoms with Crippen molar-refractivity contribution in [2.75, 3.05) is 18.5 Å². The van der Waals surface area contributed by atoms with E-state index in [0.29, 0.717) is 12.2 Å². The number of benzene rings is 2. The SMILES string of the molecule is Cc1ccc(C(O)CN(C)c2ccccc2F)c(C)c1. The van der Waals surface area contributed by atoms with Crippen molar-refractivity contribution in [2.24, 2.45) is 0 Å². The number of aliphatic hydroxyl groups is 1. The van der Waals surface area contributed by atoms with E-state index in [1.165, 1.54) is 11.6 Å². The van der Waals surface area contributed by atoms with Crippen molar-refractivity contribution < 1.29 is 9.50 Å². The van der Waals surface area contributed by atoms with Gasteiger partial charge in [0.25, 0.3) is 0 Å². The molecule has 2 aromatic rings. The fraction of sp³-hybridized carbons (Fsp3) is 0.294. The maximum atomic E-state index is 13.7. The van der Waals surface area contributed by atoms with E-state index in [-0.39, 0.29) is 5.82 Å². The topological polar surface area (TPSA) is 23.5 Å². The fourth-order valence-corrected chi connectivity index (χ4v) is 2.42. The fourth-order valence-electron chi connectivity index (χ4n) is 2.42. The van der Waals surface area contributed by atoms with Crippen molar-refractivity contribution >= 4 is 5.69 Å². The third-order valence-electron chi connectivity index (χ3n) is 3.49. The molecule has 0 fully saturated rings. The Morgan fingerprint density at radius 2 is 1.85 bits per heavy atom. The second-order valence-corrected chi connectivity index (χ2v) is 5.21. The Hall–Kier alpha value is -1.87. The smallest absolute Gasteiger partial charge is 0.146 e. The van der Waals surface area contributed by atoms with Crippen molar-refractivity contribution in [3.05, 3.63) is 65.0 Å². The normalized spacial score (nSPS) is 12.2. The molecule has 0 aliphatic heterocycles. The number of aliphatic hydroxyl groups excluding tert-OH is 1. The van der Waals surface area contributed by atoms with Gasteiger partial charge in [0, 0.05) is 13.6 Å². The van der Waals surface area contributed by atoms with Crippen molar-refractivity contribution in [3.63, 3.8) is 0 Å². The van der Waals surface area contributed by atoms with E-state index in [1.54, 1.807) is 30.1 Å². The summed E-state index contributed by atoms with van der Waals surface area (Å²) >= 11 is 0. The second-order valence-electron chi connectivity index (χ2n) is 5.21. The second kappa shape index (κ2) is 6.06. The van der Waals surface area contributed by atoms with Crippen molar-refractivity contribution in [1.29, 1.82) is 0 Å². The molecule has 0 aromatic heterocycles. The summed E-state index contributed by atoms with van der Waals surface area (Å²) in [5, 5.41) is 10.4. The van der Waals surface area contributed by atoms with Crippen LogP contribution in [-0.4, -0.2) is 18.7 Å². The quantitative estimate of drug-likeness (QED) is 0.920. The minimum atomic E-state index is -0.639. The lowest BCUT2D eigenvalue weighted by molar-refractivity contribution is 0.184. The van der Waals surface area contributed by atoms with Gasteiger partial charge in [-0.1, -0.05) is 35.9 Å². The summed E-state index contributed by atoms with van der Waals surface area (Å²) in [6.07, 6.45) is -0.639. The van der Waals surface area contributed by atoms with Gasteiger partial charge in [0.2, 0.25) is 0 Å². The molecule has 0 spiro atoms. The zero-order chi connectivity index (χ0) is 14.7. The van der Waals surface area contributed by atoms with Crippen LogP contribution in [-0.2, 0) is 0 Å². The number of para-hydroxylation sites is 1. The van der Waals surface area contributed by atoms with Crippen molar-refractivity contribution in [1.82, 2.24) is 0 Å². The number of anilines is 1. The number of nitrogens with zero attached hydrogens (tertiary/aromatic N) is 1. The highest BCUT2D eigenvalue weighted by Crippen LogP contribution is 2.23. The highest BCUT2D eigenvalue weighted by molar-refractivity contribution is 5.47. The van der Waals surface area contributed by atoms with Crippen LogP contribution in [0.4, 0.5) is 10.1 Å². The molecule has 0 amide bonds. The maximum absolute atomic E-state index is 13.7. The van der Waals surface area contributed by atoms with Crippen LogP contribution in [0.25, 0.3) is 0 Å². The molecule has 0 aliphatic carbocycles. The van der Waals surface area contributed by atoms with Gasteiger partial charge in [-0.2, -0.15) is 0 Å².